The van der Waals surface area contributed by atoms with Gasteiger partial charge in [-0.05, 0) is 76.5 Å². The minimum absolute atomic E-state index is 0.0357. The highest BCUT2D eigenvalue weighted by Gasteiger charge is 2.49. The Morgan fingerprint density at radius 3 is 2.42 bits per heavy atom. The van der Waals surface area contributed by atoms with Gasteiger partial charge in [-0.3, -0.25) is 10.2 Å². The molecule has 4 unspecified atom stereocenters. The molecule has 0 spiro atoms. The Bertz CT molecular complexity index is 709. The zero-order valence-electron chi connectivity index (χ0n) is 20.4. The van der Waals surface area contributed by atoms with Crippen molar-refractivity contribution in [2.45, 2.75) is 102 Å². The Morgan fingerprint density at radius 1 is 0.939 bits per heavy atom. The molecule has 0 aromatic heterocycles. The monoisotopic (exact) mass is 462 g/mol. The smallest absolute Gasteiger partial charge is 0.410 e. The summed E-state index contributed by atoms with van der Waals surface area (Å²) in [5, 5.41) is 2.45. The van der Waals surface area contributed by atoms with Crippen molar-refractivity contribution < 1.29 is 19.1 Å². The largest absolute Gasteiger partial charge is 0.446 e. The molecule has 3 saturated heterocycles. The Balaban J connectivity index is 1.27. The summed E-state index contributed by atoms with van der Waals surface area (Å²) in [6.45, 7) is 8.14. The van der Waals surface area contributed by atoms with E-state index in [9.17, 15) is 9.59 Å². The molecule has 0 radical (unpaired) electrons. The Kier molecular flexibility index (Phi) is 7.14. The number of rotatable bonds is 3. The summed E-state index contributed by atoms with van der Waals surface area (Å²) in [6, 6.07) is 0.782. The van der Waals surface area contributed by atoms with Gasteiger partial charge in [-0.15, -0.1) is 0 Å². The van der Waals surface area contributed by atoms with Gasteiger partial charge < -0.3 is 19.3 Å². The van der Waals surface area contributed by atoms with Gasteiger partial charge in [-0.1, -0.05) is 0 Å². The molecule has 8 nitrogen and oxygen atoms in total. The average Bonchev–Trinajstić information content (AvgIpc) is 3.51. The van der Waals surface area contributed by atoms with E-state index in [4.69, 9.17) is 9.47 Å². The third-order valence-electron chi connectivity index (χ3n) is 8.97. The van der Waals surface area contributed by atoms with Crippen molar-refractivity contribution in [3.63, 3.8) is 0 Å². The van der Waals surface area contributed by atoms with Crippen molar-refractivity contribution >= 4 is 12.0 Å². The topological polar surface area (TPSA) is 74.4 Å². The molecule has 1 N–H and O–H groups in total. The first-order valence-corrected chi connectivity index (χ1v) is 13.3. The van der Waals surface area contributed by atoms with Crippen molar-refractivity contribution in [1.29, 1.82) is 0 Å². The third-order valence-corrected chi connectivity index (χ3v) is 8.97. The highest BCUT2D eigenvalue weighted by molar-refractivity contribution is 5.75. The van der Waals surface area contributed by atoms with Crippen LogP contribution in [0.3, 0.4) is 0 Å². The molecule has 5 aliphatic rings. The first kappa shape index (κ1) is 23.4. The average molecular weight is 463 g/mol. The highest BCUT2D eigenvalue weighted by atomic mass is 16.6. The van der Waals surface area contributed by atoms with Crippen molar-refractivity contribution in [2.24, 2.45) is 11.8 Å². The first-order chi connectivity index (χ1) is 16.0. The maximum absolute atomic E-state index is 13.3. The number of ether oxygens (including phenoxy) is 2. The molecule has 0 aromatic rings. The maximum Gasteiger partial charge on any atom is 0.410 e. The van der Waals surface area contributed by atoms with E-state index < -0.39 is 0 Å². The lowest BCUT2D eigenvalue weighted by atomic mass is 9.73. The summed E-state index contributed by atoms with van der Waals surface area (Å²) < 4.78 is 11.5. The minimum atomic E-state index is -0.152. The van der Waals surface area contributed by atoms with Gasteiger partial charge in [0.05, 0.1) is 12.1 Å². The molecule has 2 amide bonds. The SMILES string of the molecule is CC(=O)N1C2CCC(C3CNN(C4CCOCC4)C3)CC2N(C(=O)OC2CCCC2)C[C@@H]1C. The lowest BCUT2D eigenvalue weighted by Crippen LogP contribution is -2.67. The van der Waals surface area contributed by atoms with Gasteiger partial charge in [0, 0.05) is 51.9 Å². The van der Waals surface area contributed by atoms with Crippen molar-refractivity contribution in [2.75, 3.05) is 32.8 Å². The third kappa shape index (κ3) is 4.89. The number of hydrogen-bond donors (Lipinski definition) is 1. The second-order valence-electron chi connectivity index (χ2n) is 11.0. The van der Waals surface area contributed by atoms with Gasteiger partial charge in [0.1, 0.15) is 6.10 Å². The maximum atomic E-state index is 13.3. The van der Waals surface area contributed by atoms with E-state index in [2.05, 4.69) is 22.3 Å². The molecule has 2 aliphatic carbocycles. The number of amides is 2. The molecule has 3 aliphatic heterocycles. The molecule has 0 aromatic carbocycles. The van der Waals surface area contributed by atoms with Gasteiger partial charge >= 0.3 is 6.09 Å². The normalized spacial score (nSPS) is 36.7. The van der Waals surface area contributed by atoms with Crippen LogP contribution in [0.5, 0.6) is 0 Å². The zero-order chi connectivity index (χ0) is 22.9. The summed E-state index contributed by atoms with van der Waals surface area (Å²) in [5.74, 6) is 1.28. The van der Waals surface area contributed by atoms with Crippen LogP contribution >= 0.6 is 0 Å². The van der Waals surface area contributed by atoms with Crippen LogP contribution < -0.4 is 5.43 Å². The first-order valence-electron chi connectivity index (χ1n) is 13.3. The molecule has 33 heavy (non-hydrogen) atoms. The van der Waals surface area contributed by atoms with Gasteiger partial charge in [-0.25, -0.2) is 9.80 Å². The van der Waals surface area contributed by atoms with Crippen LogP contribution in [0.25, 0.3) is 0 Å². The zero-order valence-corrected chi connectivity index (χ0v) is 20.4. The van der Waals surface area contributed by atoms with Crippen LogP contribution in [-0.4, -0.2) is 89.9 Å². The van der Waals surface area contributed by atoms with E-state index in [-0.39, 0.29) is 36.2 Å². The van der Waals surface area contributed by atoms with Crippen molar-refractivity contribution in [3.05, 3.63) is 0 Å². The molecular weight excluding hydrogens is 420 g/mol. The second-order valence-corrected chi connectivity index (χ2v) is 11.0. The Labute approximate surface area is 198 Å². The minimum Gasteiger partial charge on any atom is -0.446 e. The number of nitrogens with zero attached hydrogens (tertiary/aromatic N) is 3. The standard InChI is InChI=1S/C25H42N4O4/c1-17-15-27(25(31)33-22-5-3-4-6-22)24-13-19(7-8-23(24)29(17)18(2)30)20-14-26-28(16-20)21-9-11-32-12-10-21/h17,19-24,26H,3-16H2,1-2H3/t17-,19?,20?,23?,24?/m0/s1. The van der Waals surface area contributed by atoms with E-state index in [0.29, 0.717) is 24.4 Å². The molecule has 0 bridgehead atoms. The summed E-state index contributed by atoms with van der Waals surface area (Å²) in [6.07, 6.45) is 9.46. The van der Waals surface area contributed by atoms with Gasteiger partial charge in [-0.2, -0.15) is 0 Å². The fourth-order valence-electron chi connectivity index (χ4n) is 7.26. The van der Waals surface area contributed by atoms with Crippen LogP contribution in [-0.2, 0) is 14.3 Å². The predicted octanol–water partition coefficient (Wildman–Crippen LogP) is 2.77. The van der Waals surface area contributed by atoms with E-state index in [1.54, 1.807) is 6.92 Å². The van der Waals surface area contributed by atoms with E-state index in [1.165, 1.54) is 0 Å². The van der Waals surface area contributed by atoms with Crippen molar-refractivity contribution in [1.82, 2.24) is 20.2 Å². The number of carbonyl (C=O) groups excluding carboxylic acids is 2. The number of piperazine rings is 1. The van der Waals surface area contributed by atoms with Gasteiger partial charge in [0.25, 0.3) is 0 Å². The van der Waals surface area contributed by atoms with Crippen LogP contribution in [0.4, 0.5) is 4.79 Å². The number of hydrogen-bond acceptors (Lipinski definition) is 6. The van der Waals surface area contributed by atoms with Crippen LogP contribution in [0.1, 0.15) is 71.6 Å². The van der Waals surface area contributed by atoms with Gasteiger partial charge in [0.2, 0.25) is 5.91 Å². The van der Waals surface area contributed by atoms with Crippen LogP contribution in [0, 0.1) is 11.8 Å². The highest BCUT2D eigenvalue weighted by Crippen LogP contribution is 2.40. The molecular formula is C25H42N4O4. The summed E-state index contributed by atoms with van der Waals surface area (Å²) in [5.41, 5.74) is 3.67. The molecule has 5 rings (SSSR count). The quantitative estimate of drug-likeness (QED) is 0.695. The molecule has 2 saturated carbocycles. The van der Waals surface area contributed by atoms with E-state index >= 15 is 0 Å². The van der Waals surface area contributed by atoms with E-state index in [1.807, 2.05) is 4.90 Å². The number of hydrazine groups is 1. The molecule has 8 heteroatoms. The molecule has 5 fully saturated rings. The second kappa shape index (κ2) is 10.1. The van der Waals surface area contributed by atoms with E-state index in [0.717, 1.165) is 84.1 Å². The lowest BCUT2D eigenvalue weighted by molar-refractivity contribution is -0.142. The predicted molar refractivity (Wildman–Crippen MR) is 124 cm³/mol. The summed E-state index contributed by atoms with van der Waals surface area (Å²) in [4.78, 5) is 29.9. The Morgan fingerprint density at radius 2 is 1.70 bits per heavy atom. The number of nitrogens with one attached hydrogen (secondary N) is 1. The fourth-order valence-corrected chi connectivity index (χ4v) is 7.26. The number of fused-ring (bicyclic) bond motifs is 1. The summed E-state index contributed by atoms with van der Waals surface area (Å²) in [7, 11) is 0. The molecule has 186 valence electrons. The fraction of sp³-hybridized carbons (Fsp3) is 0.920. The van der Waals surface area contributed by atoms with Gasteiger partial charge in [0.15, 0.2) is 0 Å². The lowest BCUT2D eigenvalue weighted by Gasteiger charge is -2.54. The molecule has 3 heterocycles. The Hall–Kier alpha value is -1.38. The van der Waals surface area contributed by atoms with Crippen LogP contribution in [0.2, 0.25) is 0 Å². The number of carbonyl (C=O) groups is 2. The summed E-state index contributed by atoms with van der Waals surface area (Å²) >= 11 is 0. The van der Waals surface area contributed by atoms with Crippen LogP contribution in [0.15, 0.2) is 0 Å². The van der Waals surface area contributed by atoms with Crippen molar-refractivity contribution in [3.8, 4) is 0 Å². The molecule has 5 atom stereocenters.